The highest BCUT2D eigenvalue weighted by molar-refractivity contribution is 7.09. The third-order valence-corrected chi connectivity index (χ3v) is 6.20. The summed E-state index contributed by atoms with van der Waals surface area (Å²) in [6.45, 7) is 0. The average molecular weight is 471 g/mol. The first-order valence-electron chi connectivity index (χ1n) is 10.9. The molecule has 2 N–H and O–H groups in total. The second kappa shape index (κ2) is 9.44. The maximum absolute atomic E-state index is 11.8. The van der Waals surface area contributed by atoms with E-state index in [9.17, 15) is 9.90 Å². The molecule has 0 radical (unpaired) electrons. The zero-order chi connectivity index (χ0) is 23.4. The van der Waals surface area contributed by atoms with Crippen molar-refractivity contribution in [2.75, 3.05) is 5.32 Å². The molecule has 0 unspecified atom stereocenters. The van der Waals surface area contributed by atoms with Crippen molar-refractivity contribution in [1.29, 1.82) is 0 Å². The normalized spacial score (nSPS) is 13.9. The highest BCUT2D eigenvalue weighted by Gasteiger charge is 2.37. The Hall–Kier alpha value is -4.04. The maximum atomic E-state index is 11.8. The molecule has 1 aromatic heterocycles. The van der Waals surface area contributed by atoms with Crippen LogP contribution in [0.4, 0.5) is 5.13 Å². The van der Waals surface area contributed by atoms with E-state index in [1.54, 1.807) is 0 Å². The Balaban J connectivity index is 1.61. The van der Waals surface area contributed by atoms with Gasteiger partial charge in [-0.25, -0.2) is 4.79 Å². The Kier molecular flexibility index (Phi) is 6.05. The van der Waals surface area contributed by atoms with Gasteiger partial charge in [-0.3, -0.25) is 0 Å². The van der Waals surface area contributed by atoms with Crippen molar-refractivity contribution in [3.05, 3.63) is 114 Å². The van der Waals surface area contributed by atoms with Crippen LogP contribution in [0.25, 0.3) is 0 Å². The fourth-order valence-corrected chi connectivity index (χ4v) is 4.41. The van der Waals surface area contributed by atoms with E-state index >= 15 is 0 Å². The van der Waals surface area contributed by atoms with E-state index in [1.807, 2.05) is 54.6 Å². The van der Waals surface area contributed by atoms with E-state index < -0.39 is 11.5 Å². The standard InChI is InChI=1S/C26H22N4O3S/c31-24(32)22(29-33-21-16-17-21)23-27-25(34-30-23)28-26(18-10-4-1-5-11-18,19-12-6-2-7-13-19)20-14-8-3-9-15-20/h1-15,21H,16-17H2,(H,31,32)(H,27,28,30)/b29-22-. The summed E-state index contributed by atoms with van der Waals surface area (Å²) < 4.78 is 4.28. The molecule has 1 aliphatic carbocycles. The van der Waals surface area contributed by atoms with Gasteiger partial charge < -0.3 is 15.3 Å². The van der Waals surface area contributed by atoms with Crippen LogP contribution in [0.3, 0.4) is 0 Å². The molecule has 7 nitrogen and oxygen atoms in total. The van der Waals surface area contributed by atoms with E-state index in [0.717, 1.165) is 41.1 Å². The number of nitrogens with zero attached hydrogens (tertiary/aromatic N) is 3. The summed E-state index contributed by atoms with van der Waals surface area (Å²) in [6.07, 6.45) is 1.73. The van der Waals surface area contributed by atoms with Gasteiger partial charge in [-0.05, 0) is 29.5 Å². The second-order valence-electron chi connectivity index (χ2n) is 7.95. The molecule has 1 fully saturated rings. The van der Waals surface area contributed by atoms with Crippen molar-refractivity contribution in [3.8, 4) is 0 Å². The number of aliphatic carboxylic acids is 1. The molecule has 0 bridgehead atoms. The van der Waals surface area contributed by atoms with Crippen LogP contribution in [-0.2, 0) is 15.2 Å². The first kappa shape index (κ1) is 21.8. The molecule has 1 aliphatic rings. The van der Waals surface area contributed by atoms with Crippen LogP contribution < -0.4 is 5.32 Å². The number of rotatable bonds is 9. The zero-order valence-electron chi connectivity index (χ0n) is 18.2. The topological polar surface area (TPSA) is 96.7 Å². The van der Waals surface area contributed by atoms with Gasteiger partial charge in [-0.1, -0.05) is 96.2 Å². The summed E-state index contributed by atoms with van der Waals surface area (Å²) in [4.78, 5) is 21.5. The second-order valence-corrected chi connectivity index (χ2v) is 8.70. The minimum atomic E-state index is -1.23. The fourth-order valence-electron chi connectivity index (χ4n) is 3.79. The van der Waals surface area contributed by atoms with Gasteiger partial charge in [0.25, 0.3) is 0 Å². The number of hydrogen-bond donors (Lipinski definition) is 2. The molecular weight excluding hydrogens is 448 g/mol. The minimum absolute atomic E-state index is 0.0173. The number of carbonyl (C=O) groups is 1. The van der Waals surface area contributed by atoms with Gasteiger partial charge in [-0.2, -0.15) is 9.36 Å². The predicted molar refractivity (Wildman–Crippen MR) is 131 cm³/mol. The van der Waals surface area contributed by atoms with E-state index in [1.165, 1.54) is 0 Å². The summed E-state index contributed by atoms with van der Waals surface area (Å²) in [5.41, 5.74) is 1.93. The molecule has 4 aromatic rings. The molecule has 0 amide bonds. The quantitative estimate of drug-likeness (QED) is 0.205. The number of aromatic nitrogens is 2. The van der Waals surface area contributed by atoms with Crippen LogP contribution in [0.5, 0.6) is 0 Å². The lowest BCUT2D eigenvalue weighted by molar-refractivity contribution is -0.129. The number of oxime groups is 1. The van der Waals surface area contributed by atoms with Crippen molar-refractivity contribution in [2.24, 2.45) is 5.16 Å². The molecule has 0 spiro atoms. The Morgan fingerprint density at radius 3 is 1.85 bits per heavy atom. The van der Waals surface area contributed by atoms with Crippen LogP contribution in [0.2, 0.25) is 0 Å². The third-order valence-electron chi connectivity index (χ3n) is 5.57. The molecule has 1 heterocycles. The minimum Gasteiger partial charge on any atom is -0.476 e. The molecule has 3 aromatic carbocycles. The lowest BCUT2D eigenvalue weighted by Gasteiger charge is -2.36. The van der Waals surface area contributed by atoms with Gasteiger partial charge in [0.05, 0.1) is 0 Å². The SMILES string of the molecule is O=C(O)/C(=N\OC1CC1)c1nsc(NC(c2ccccc2)(c2ccccc2)c2ccccc2)n1. The van der Waals surface area contributed by atoms with E-state index in [4.69, 9.17) is 4.84 Å². The number of anilines is 1. The molecule has 0 saturated heterocycles. The largest absolute Gasteiger partial charge is 0.476 e. The van der Waals surface area contributed by atoms with Crippen molar-refractivity contribution in [1.82, 2.24) is 9.36 Å². The number of nitrogens with one attached hydrogen (secondary N) is 1. The summed E-state index contributed by atoms with van der Waals surface area (Å²) >= 11 is 1.08. The molecule has 170 valence electrons. The van der Waals surface area contributed by atoms with Crippen LogP contribution in [0, 0.1) is 0 Å². The van der Waals surface area contributed by atoms with Gasteiger partial charge >= 0.3 is 5.97 Å². The Bertz CT molecular complexity index is 1190. The highest BCUT2D eigenvalue weighted by Crippen LogP contribution is 2.40. The van der Waals surface area contributed by atoms with Gasteiger partial charge in [0.15, 0.2) is 0 Å². The summed E-state index contributed by atoms with van der Waals surface area (Å²) in [5, 5.41) is 17.5. The van der Waals surface area contributed by atoms with E-state index in [-0.39, 0.29) is 17.6 Å². The average Bonchev–Trinajstić information content (AvgIpc) is 3.60. The summed E-state index contributed by atoms with van der Waals surface area (Å²) in [7, 11) is 0. The Labute approximate surface area is 200 Å². The molecule has 0 atom stereocenters. The monoisotopic (exact) mass is 470 g/mol. The van der Waals surface area contributed by atoms with Crippen molar-refractivity contribution in [3.63, 3.8) is 0 Å². The number of carboxylic acid groups (broad SMARTS) is 1. The van der Waals surface area contributed by atoms with Gasteiger partial charge in [0.2, 0.25) is 16.7 Å². The van der Waals surface area contributed by atoms with Gasteiger partial charge in [-0.15, -0.1) is 0 Å². The van der Waals surface area contributed by atoms with Crippen molar-refractivity contribution >= 4 is 28.3 Å². The third kappa shape index (κ3) is 4.40. The van der Waals surface area contributed by atoms with Gasteiger partial charge in [0.1, 0.15) is 11.6 Å². The number of benzene rings is 3. The van der Waals surface area contributed by atoms with Crippen molar-refractivity contribution in [2.45, 2.75) is 24.5 Å². The molecule has 0 aliphatic heterocycles. The molecule has 1 saturated carbocycles. The fraction of sp³-hybridized carbons (Fsp3) is 0.154. The Morgan fingerprint density at radius 2 is 1.41 bits per heavy atom. The first-order chi connectivity index (χ1) is 16.7. The van der Waals surface area contributed by atoms with E-state index in [2.05, 4.69) is 56.2 Å². The smallest absolute Gasteiger partial charge is 0.362 e. The van der Waals surface area contributed by atoms with Crippen LogP contribution >= 0.6 is 11.5 Å². The lowest BCUT2D eigenvalue weighted by Crippen LogP contribution is -2.38. The number of carboxylic acids is 1. The Morgan fingerprint density at radius 1 is 0.912 bits per heavy atom. The first-order valence-corrected chi connectivity index (χ1v) is 11.7. The molecule has 5 rings (SSSR count). The maximum Gasteiger partial charge on any atom is 0.362 e. The van der Waals surface area contributed by atoms with Crippen LogP contribution in [-0.4, -0.2) is 32.2 Å². The summed E-state index contributed by atoms with van der Waals surface area (Å²) in [5.74, 6) is -1.21. The molecule has 34 heavy (non-hydrogen) atoms. The molecular formula is C26H22N4O3S. The van der Waals surface area contributed by atoms with E-state index in [0.29, 0.717) is 5.13 Å². The lowest BCUT2D eigenvalue weighted by atomic mass is 9.77. The van der Waals surface area contributed by atoms with Crippen LogP contribution in [0.1, 0.15) is 35.4 Å². The van der Waals surface area contributed by atoms with Crippen molar-refractivity contribution < 1.29 is 14.7 Å². The molecule has 8 heteroatoms. The predicted octanol–water partition coefficient (Wildman–Crippen LogP) is 4.91. The highest BCUT2D eigenvalue weighted by atomic mass is 32.1. The summed E-state index contributed by atoms with van der Waals surface area (Å²) in [6, 6.07) is 30.2. The van der Waals surface area contributed by atoms with Gasteiger partial charge in [0, 0.05) is 11.5 Å². The van der Waals surface area contributed by atoms with Crippen LogP contribution in [0.15, 0.2) is 96.2 Å². The number of hydrogen-bond acceptors (Lipinski definition) is 7. The zero-order valence-corrected chi connectivity index (χ0v) is 19.0.